The van der Waals surface area contributed by atoms with Gasteiger partial charge >= 0.3 is 0 Å². The molecular weight excluding hydrogens is 272 g/mol. The molecule has 0 aliphatic heterocycles. The van der Waals surface area contributed by atoms with Gasteiger partial charge in [0.05, 0.1) is 6.04 Å². The topological polar surface area (TPSA) is 29.1 Å². The maximum atomic E-state index is 13.6. The average molecular weight is 289 g/mol. The third kappa shape index (κ3) is 4.38. The van der Waals surface area contributed by atoms with Crippen molar-refractivity contribution in [3.8, 4) is 0 Å². The number of halogens is 2. The van der Waals surface area contributed by atoms with Crippen LogP contribution in [0.1, 0.15) is 30.5 Å². The molecule has 21 heavy (non-hydrogen) atoms. The molecule has 2 aromatic rings. The van der Waals surface area contributed by atoms with Crippen LogP contribution in [0, 0.1) is 11.6 Å². The number of amides is 1. The number of nitrogens with one attached hydrogen (secondary N) is 1. The van der Waals surface area contributed by atoms with Crippen LogP contribution in [-0.4, -0.2) is 5.91 Å². The Morgan fingerprint density at radius 1 is 1.14 bits per heavy atom. The molecule has 2 rings (SSSR count). The van der Waals surface area contributed by atoms with Gasteiger partial charge in [0.15, 0.2) is 0 Å². The zero-order valence-corrected chi connectivity index (χ0v) is 11.8. The smallest absolute Gasteiger partial charge is 0.220 e. The molecule has 1 N–H and O–H groups in total. The first-order valence-electron chi connectivity index (χ1n) is 6.84. The summed E-state index contributed by atoms with van der Waals surface area (Å²) in [4.78, 5) is 11.9. The highest BCUT2D eigenvalue weighted by Crippen LogP contribution is 2.17. The van der Waals surface area contributed by atoms with E-state index in [9.17, 15) is 13.6 Å². The number of carbonyl (C=O) groups excluding carboxylic acids is 1. The van der Waals surface area contributed by atoms with Crippen molar-refractivity contribution < 1.29 is 13.6 Å². The lowest BCUT2D eigenvalue weighted by Crippen LogP contribution is -2.27. The Labute approximate surface area is 122 Å². The maximum Gasteiger partial charge on any atom is 0.220 e. The lowest BCUT2D eigenvalue weighted by atomic mass is 10.1. The van der Waals surface area contributed by atoms with Gasteiger partial charge in [0.2, 0.25) is 5.91 Å². The lowest BCUT2D eigenvalue weighted by molar-refractivity contribution is -0.121. The normalized spacial score (nSPS) is 12.0. The Morgan fingerprint density at radius 3 is 2.52 bits per heavy atom. The number of aryl methyl sites for hydroxylation is 1. The van der Waals surface area contributed by atoms with Crippen LogP contribution in [0.4, 0.5) is 8.78 Å². The van der Waals surface area contributed by atoms with Gasteiger partial charge in [-0.15, -0.1) is 0 Å². The highest BCUT2D eigenvalue weighted by Gasteiger charge is 2.14. The van der Waals surface area contributed by atoms with Gasteiger partial charge in [-0.3, -0.25) is 4.79 Å². The molecule has 0 aliphatic rings. The van der Waals surface area contributed by atoms with Crippen LogP contribution in [0.2, 0.25) is 0 Å². The summed E-state index contributed by atoms with van der Waals surface area (Å²) in [5.74, 6) is -1.43. The first-order chi connectivity index (χ1) is 10.1. The van der Waals surface area contributed by atoms with Crippen molar-refractivity contribution in [2.75, 3.05) is 0 Å². The standard InChI is InChI=1S/C17H17F2NO/c1-12(15-9-8-14(18)11-16(15)19)20-17(21)10-7-13-5-3-2-4-6-13/h2-6,8-9,11-12H,7,10H2,1H3,(H,20,21)/t12-/m1/s1. The van der Waals surface area contributed by atoms with Gasteiger partial charge in [-0.2, -0.15) is 0 Å². The van der Waals surface area contributed by atoms with E-state index in [1.807, 2.05) is 30.3 Å². The van der Waals surface area contributed by atoms with Crippen LogP contribution in [0.15, 0.2) is 48.5 Å². The summed E-state index contributed by atoms with van der Waals surface area (Å²) in [5.41, 5.74) is 1.36. The SMILES string of the molecule is C[C@@H](NC(=O)CCc1ccccc1)c1ccc(F)cc1F. The molecule has 0 saturated heterocycles. The molecule has 0 aromatic heterocycles. The van der Waals surface area contributed by atoms with Gasteiger partial charge in [0.25, 0.3) is 0 Å². The molecule has 1 atom stereocenters. The summed E-state index contributed by atoms with van der Waals surface area (Å²) >= 11 is 0. The molecule has 0 heterocycles. The number of benzene rings is 2. The molecule has 0 radical (unpaired) electrons. The van der Waals surface area contributed by atoms with Crippen molar-refractivity contribution in [1.82, 2.24) is 5.32 Å². The van der Waals surface area contributed by atoms with E-state index in [1.54, 1.807) is 6.92 Å². The fourth-order valence-corrected chi connectivity index (χ4v) is 2.15. The average Bonchev–Trinajstić information content (AvgIpc) is 2.46. The molecule has 2 nitrogen and oxygen atoms in total. The minimum Gasteiger partial charge on any atom is -0.349 e. The van der Waals surface area contributed by atoms with E-state index < -0.39 is 17.7 Å². The molecule has 0 fully saturated rings. The van der Waals surface area contributed by atoms with Crippen molar-refractivity contribution in [2.24, 2.45) is 0 Å². The number of rotatable bonds is 5. The van der Waals surface area contributed by atoms with Crippen LogP contribution in [-0.2, 0) is 11.2 Å². The molecule has 1 amide bonds. The first kappa shape index (κ1) is 15.2. The fraction of sp³-hybridized carbons (Fsp3) is 0.235. The minimum atomic E-state index is -0.647. The molecule has 0 spiro atoms. The fourth-order valence-electron chi connectivity index (χ4n) is 2.15. The van der Waals surface area contributed by atoms with E-state index in [4.69, 9.17) is 0 Å². The summed E-state index contributed by atoms with van der Waals surface area (Å²) < 4.78 is 26.5. The molecular formula is C17H17F2NO. The molecule has 0 saturated carbocycles. The Kier molecular flexibility index (Phi) is 5.04. The molecule has 0 aliphatic carbocycles. The molecule has 110 valence electrons. The summed E-state index contributed by atoms with van der Waals surface area (Å²) in [6.45, 7) is 1.68. The van der Waals surface area contributed by atoms with E-state index in [-0.39, 0.29) is 11.5 Å². The van der Waals surface area contributed by atoms with E-state index in [0.717, 1.165) is 11.6 Å². The molecule has 2 aromatic carbocycles. The Hall–Kier alpha value is -2.23. The molecule has 0 unspecified atom stereocenters. The monoisotopic (exact) mass is 289 g/mol. The van der Waals surface area contributed by atoms with Crippen LogP contribution in [0.25, 0.3) is 0 Å². The maximum absolute atomic E-state index is 13.6. The highest BCUT2D eigenvalue weighted by atomic mass is 19.1. The first-order valence-corrected chi connectivity index (χ1v) is 6.84. The lowest BCUT2D eigenvalue weighted by Gasteiger charge is -2.15. The van der Waals surface area contributed by atoms with Crippen LogP contribution in [0.3, 0.4) is 0 Å². The zero-order valence-electron chi connectivity index (χ0n) is 11.8. The molecule has 0 bridgehead atoms. The predicted molar refractivity (Wildman–Crippen MR) is 77.7 cm³/mol. The third-order valence-corrected chi connectivity index (χ3v) is 3.29. The second-order valence-electron chi connectivity index (χ2n) is 4.94. The third-order valence-electron chi connectivity index (χ3n) is 3.29. The summed E-state index contributed by atoms with van der Waals surface area (Å²) in [6, 6.07) is 12.5. The van der Waals surface area contributed by atoms with Crippen molar-refractivity contribution in [2.45, 2.75) is 25.8 Å². The summed E-state index contributed by atoms with van der Waals surface area (Å²) in [7, 11) is 0. The van der Waals surface area contributed by atoms with E-state index >= 15 is 0 Å². The quantitative estimate of drug-likeness (QED) is 0.892. The van der Waals surface area contributed by atoms with Crippen molar-refractivity contribution >= 4 is 5.91 Å². The number of hydrogen-bond acceptors (Lipinski definition) is 1. The second-order valence-corrected chi connectivity index (χ2v) is 4.94. The van der Waals surface area contributed by atoms with Crippen LogP contribution >= 0.6 is 0 Å². The highest BCUT2D eigenvalue weighted by molar-refractivity contribution is 5.76. The summed E-state index contributed by atoms with van der Waals surface area (Å²) in [5, 5.41) is 2.73. The van der Waals surface area contributed by atoms with Gasteiger partial charge in [0, 0.05) is 18.1 Å². The van der Waals surface area contributed by atoms with E-state index in [1.165, 1.54) is 12.1 Å². The largest absolute Gasteiger partial charge is 0.349 e. The van der Waals surface area contributed by atoms with Crippen molar-refractivity contribution in [3.05, 3.63) is 71.3 Å². The Balaban J connectivity index is 1.90. The second kappa shape index (κ2) is 6.97. The van der Waals surface area contributed by atoms with Crippen molar-refractivity contribution in [1.29, 1.82) is 0 Å². The number of carbonyl (C=O) groups is 1. The predicted octanol–water partition coefficient (Wildman–Crippen LogP) is 3.77. The van der Waals surface area contributed by atoms with Crippen molar-refractivity contribution in [3.63, 3.8) is 0 Å². The van der Waals surface area contributed by atoms with Crippen LogP contribution in [0.5, 0.6) is 0 Å². The van der Waals surface area contributed by atoms with Gasteiger partial charge in [-0.25, -0.2) is 8.78 Å². The zero-order chi connectivity index (χ0) is 15.2. The number of hydrogen-bond donors (Lipinski definition) is 1. The van der Waals surface area contributed by atoms with Gasteiger partial charge in [-0.05, 0) is 25.0 Å². The van der Waals surface area contributed by atoms with E-state index in [0.29, 0.717) is 12.8 Å². The van der Waals surface area contributed by atoms with Crippen LogP contribution < -0.4 is 5.32 Å². The van der Waals surface area contributed by atoms with E-state index in [2.05, 4.69) is 5.32 Å². The Bertz CT molecular complexity index is 613. The van der Waals surface area contributed by atoms with Gasteiger partial charge in [-0.1, -0.05) is 36.4 Å². The minimum absolute atomic E-state index is 0.157. The summed E-state index contributed by atoms with van der Waals surface area (Å²) in [6.07, 6.45) is 0.961. The Morgan fingerprint density at radius 2 is 1.86 bits per heavy atom. The van der Waals surface area contributed by atoms with Gasteiger partial charge < -0.3 is 5.32 Å². The van der Waals surface area contributed by atoms with Gasteiger partial charge in [0.1, 0.15) is 11.6 Å². The molecule has 4 heteroatoms.